The Morgan fingerprint density at radius 3 is 2.83 bits per heavy atom. The number of amides is 3. The summed E-state index contributed by atoms with van der Waals surface area (Å²) in [6, 6.07) is 6.14. The maximum absolute atomic E-state index is 12.2. The quantitative estimate of drug-likeness (QED) is 0.504. The molecule has 3 rings (SSSR count). The first-order valence-electron chi connectivity index (χ1n) is 8.00. The normalized spacial score (nSPS) is 26.1. The minimum Gasteiger partial charge on any atom is -0.356 e. The molecule has 1 saturated heterocycles. The van der Waals surface area contributed by atoms with Crippen LogP contribution in [0.3, 0.4) is 0 Å². The number of rotatable bonds is 4. The lowest BCUT2D eigenvalue weighted by atomic mass is 10.0. The lowest BCUT2D eigenvalue weighted by Gasteiger charge is -2.17. The number of hydrogen-bond donors (Lipinski definition) is 5. The van der Waals surface area contributed by atoms with Crippen molar-refractivity contribution in [2.45, 2.75) is 25.4 Å². The first-order chi connectivity index (χ1) is 11.5. The molecule has 2 aliphatic heterocycles. The van der Waals surface area contributed by atoms with Crippen molar-refractivity contribution in [2.75, 3.05) is 18.4 Å². The van der Waals surface area contributed by atoms with E-state index in [9.17, 15) is 14.4 Å². The molecular weight excluding hydrogens is 310 g/mol. The zero-order chi connectivity index (χ0) is 17.1. The maximum atomic E-state index is 12.2. The molecule has 2 heterocycles. The predicted octanol–water partition coefficient (Wildman–Crippen LogP) is -0.644. The zero-order valence-electron chi connectivity index (χ0n) is 13.4. The lowest BCUT2D eigenvalue weighted by Crippen LogP contribution is -2.45. The van der Waals surface area contributed by atoms with Crippen LogP contribution >= 0.6 is 0 Å². The third kappa shape index (κ3) is 3.55. The van der Waals surface area contributed by atoms with Crippen molar-refractivity contribution < 1.29 is 14.4 Å². The van der Waals surface area contributed by atoms with Gasteiger partial charge in [-0.05, 0) is 19.1 Å². The molecule has 1 aromatic rings. The molecule has 0 bridgehead atoms. The molecule has 128 valence electrons. The smallest absolute Gasteiger partial charge is 0.254 e. The van der Waals surface area contributed by atoms with E-state index >= 15 is 0 Å². The largest absolute Gasteiger partial charge is 0.356 e. The fraction of sp³-hybridized carbons (Fsp3) is 0.438. The van der Waals surface area contributed by atoms with E-state index in [1.54, 1.807) is 24.3 Å². The van der Waals surface area contributed by atoms with Crippen LogP contribution in [0.5, 0.6) is 0 Å². The number of para-hydroxylation sites is 1. The van der Waals surface area contributed by atoms with E-state index in [0.29, 0.717) is 17.8 Å². The van der Waals surface area contributed by atoms with Crippen molar-refractivity contribution in [1.82, 2.24) is 21.5 Å². The van der Waals surface area contributed by atoms with E-state index < -0.39 is 6.04 Å². The van der Waals surface area contributed by atoms with Crippen molar-refractivity contribution in [3.8, 4) is 0 Å². The second kappa shape index (κ2) is 6.98. The Morgan fingerprint density at radius 2 is 2.08 bits per heavy atom. The Balaban J connectivity index is 1.58. The van der Waals surface area contributed by atoms with Gasteiger partial charge in [0.15, 0.2) is 0 Å². The zero-order valence-corrected chi connectivity index (χ0v) is 13.4. The van der Waals surface area contributed by atoms with Crippen LogP contribution in [0.4, 0.5) is 5.69 Å². The van der Waals surface area contributed by atoms with Crippen LogP contribution in [0.25, 0.3) is 0 Å². The fourth-order valence-electron chi connectivity index (χ4n) is 2.85. The van der Waals surface area contributed by atoms with E-state index in [4.69, 9.17) is 0 Å². The number of hydrazine groups is 1. The summed E-state index contributed by atoms with van der Waals surface area (Å²) in [5.74, 6) is -0.725. The number of carbonyl (C=O) groups excluding carboxylic acids is 3. The third-order valence-corrected chi connectivity index (χ3v) is 4.40. The lowest BCUT2D eigenvalue weighted by molar-refractivity contribution is -0.125. The Hall–Kier alpha value is -2.45. The molecule has 2 aliphatic rings. The topological polar surface area (TPSA) is 111 Å². The molecule has 0 radical (unpaired) electrons. The van der Waals surface area contributed by atoms with Gasteiger partial charge in [0.2, 0.25) is 11.8 Å². The molecule has 0 aromatic heterocycles. The average molecular weight is 331 g/mol. The number of fused-ring (bicyclic) bond motifs is 1. The van der Waals surface area contributed by atoms with Gasteiger partial charge in [0.1, 0.15) is 6.04 Å². The fourth-order valence-corrected chi connectivity index (χ4v) is 2.85. The summed E-state index contributed by atoms with van der Waals surface area (Å²) in [5, 5.41) is 8.14. The van der Waals surface area contributed by atoms with Crippen molar-refractivity contribution in [2.24, 2.45) is 5.92 Å². The van der Waals surface area contributed by atoms with Crippen molar-refractivity contribution in [3.05, 3.63) is 29.8 Å². The van der Waals surface area contributed by atoms with E-state index in [0.717, 1.165) is 6.54 Å². The summed E-state index contributed by atoms with van der Waals surface area (Å²) in [7, 11) is 0. The Labute approximate surface area is 139 Å². The highest BCUT2D eigenvalue weighted by molar-refractivity contribution is 6.10. The Bertz CT molecular complexity index is 663. The molecule has 1 fully saturated rings. The molecule has 1 aromatic carbocycles. The van der Waals surface area contributed by atoms with E-state index in [2.05, 4.69) is 26.8 Å². The van der Waals surface area contributed by atoms with Crippen LogP contribution in [0, 0.1) is 5.92 Å². The third-order valence-electron chi connectivity index (χ3n) is 4.40. The standard InChI is InChI=1S/C16H21N5O3/c1-9-10(8-18-21-9)7-17-14(22)6-13-16(24)19-12-5-3-2-4-11(12)15(23)20-13/h2-5,9-10,13,18,21H,6-8H2,1H3,(H,17,22)(H,19,24)(H,20,23)/t9?,10?,13-/m0/s1. The molecule has 0 aliphatic carbocycles. The van der Waals surface area contributed by atoms with Gasteiger partial charge in [0, 0.05) is 25.0 Å². The summed E-state index contributed by atoms with van der Waals surface area (Å²) in [4.78, 5) is 36.6. The van der Waals surface area contributed by atoms with Crippen LogP contribution < -0.4 is 26.8 Å². The second-order valence-corrected chi connectivity index (χ2v) is 6.14. The van der Waals surface area contributed by atoms with Crippen LogP contribution in [0.2, 0.25) is 0 Å². The molecule has 8 nitrogen and oxygen atoms in total. The van der Waals surface area contributed by atoms with Crippen LogP contribution in [0.15, 0.2) is 24.3 Å². The molecule has 0 saturated carbocycles. The number of hydrogen-bond acceptors (Lipinski definition) is 5. The molecule has 0 spiro atoms. The first-order valence-corrected chi connectivity index (χ1v) is 8.00. The molecule has 2 unspecified atom stereocenters. The summed E-state index contributed by atoms with van der Waals surface area (Å²) in [6.07, 6.45) is -0.0898. The van der Waals surface area contributed by atoms with Crippen LogP contribution in [0.1, 0.15) is 23.7 Å². The van der Waals surface area contributed by atoms with Gasteiger partial charge in [0.05, 0.1) is 17.7 Å². The summed E-state index contributed by atoms with van der Waals surface area (Å²) in [5.41, 5.74) is 6.97. The summed E-state index contributed by atoms with van der Waals surface area (Å²) < 4.78 is 0. The number of carbonyl (C=O) groups is 3. The van der Waals surface area contributed by atoms with Gasteiger partial charge in [-0.2, -0.15) is 0 Å². The summed E-state index contributed by atoms with van der Waals surface area (Å²) >= 11 is 0. The van der Waals surface area contributed by atoms with Crippen molar-refractivity contribution >= 4 is 23.4 Å². The van der Waals surface area contributed by atoms with Crippen LogP contribution in [-0.4, -0.2) is 42.9 Å². The molecule has 3 amide bonds. The van der Waals surface area contributed by atoms with Gasteiger partial charge in [-0.15, -0.1) is 0 Å². The van der Waals surface area contributed by atoms with E-state index in [1.807, 2.05) is 6.92 Å². The highest BCUT2D eigenvalue weighted by atomic mass is 16.2. The molecule has 5 N–H and O–H groups in total. The number of benzene rings is 1. The van der Waals surface area contributed by atoms with Gasteiger partial charge in [0.25, 0.3) is 5.91 Å². The van der Waals surface area contributed by atoms with Crippen LogP contribution in [-0.2, 0) is 9.59 Å². The van der Waals surface area contributed by atoms with Gasteiger partial charge < -0.3 is 16.0 Å². The molecule has 3 atom stereocenters. The van der Waals surface area contributed by atoms with Crippen molar-refractivity contribution in [3.63, 3.8) is 0 Å². The number of nitrogens with one attached hydrogen (secondary N) is 5. The first kappa shape index (κ1) is 16.4. The monoisotopic (exact) mass is 331 g/mol. The van der Waals surface area contributed by atoms with E-state index in [1.165, 1.54) is 0 Å². The minimum atomic E-state index is -0.887. The van der Waals surface area contributed by atoms with Gasteiger partial charge in [-0.25, -0.2) is 0 Å². The Kier molecular flexibility index (Phi) is 4.77. The average Bonchev–Trinajstić information content (AvgIpc) is 2.92. The highest BCUT2D eigenvalue weighted by Crippen LogP contribution is 2.18. The van der Waals surface area contributed by atoms with Gasteiger partial charge >= 0.3 is 0 Å². The molecule has 8 heteroatoms. The molecule has 24 heavy (non-hydrogen) atoms. The predicted molar refractivity (Wildman–Crippen MR) is 88.0 cm³/mol. The van der Waals surface area contributed by atoms with Gasteiger partial charge in [-0.1, -0.05) is 12.1 Å². The highest BCUT2D eigenvalue weighted by Gasteiger charge is 2.30. The number of anilines is 1. The SMILES string of the molecule is CC1NNCC1CNC(=O)C[C@@H]1NC(=O)c2ccccc2NC1=O. The van der Waals surface area contributed by atoms with Crippen molar-refractivity contribution in [1.29, 1.82) is 0 Å². The van der Waals surface area contributed by atoms with Gasteiger partial charge in [-0.3, -0.25) is 25.2 Å². The maximum Gasteiger partial charge on any atom is 0.254 e. The van der Waals surface area contributed by atoms with E-state index in [-0.39, 0.29) is 36.1 Å². The molecular formula is C16H21N5O3. The minimum absolute atomic E-state index is 0.0898. The summed E-state index contributed by atoms with van der Waals surface area (Å²) in [6.45, 7) is 3.33. The Morgan fingerprint density at radius 1 is 1.29 bits per heavy atom. The second-order valence-electron chi connectivity index (χ2n) is 6.14.